The van der Waals surface area contributed by atoms with Crippen molar-refractivity contribution in [1.29, 1.82) is 0 Å². The fraction of sp³-hybridized carbons (Fsp3) is 0.286. The number of likely N-dealkylation sites (N-methyl/N-ethyl adjacent to an activating group) is 1. The highest BCUT2D eigenvalue weighted by molar-refractivity contribution is 9.10. The molecule has 0 bridgehead atoms. The first-order chi connectivity index (χ1) is 13.8. The van der Waals surface area contributed by atoms with Gasteiger partial charge in [-0.3, -0.25) is 4.79 Å². The van der Waals surface area contributed by atoms with Gasteiger partial charge in [0.05, 0.1) is 6.61 Å². The van der Waals surface area contributed by atoms with Crippen molar-refractivity contribution in [2.45, 2.75) is 18.4 Å². The lowest BCUT2D eigenvalue weighted by atomic mass is 9.89. The Morgan fingerprint density at radius 3 is 2.62 bits per heavy atom. The maximum absolute atomic E-state index is 12.8. The average Bonchev–Trinajstić information content (AvgIpc) is 3.01. The maximum atomic E-state index is 12.8. The molecule has 152 valence electrons. The lowest BCUT2D eigenvalue weighted by molar-refractivity contribution is 0.172. The van der Waals surface area contributed by atoms with Gasteiger partial charge in [0.1, 0.15) is 34.0 Å². The summed E-state index contributed by atoms with van der Waals surface area (Å²) in [5.74, 6) is -0.529. The number of hydrogen-bond donors (Lipinski definition) is 4. The summed E-state index contributed by atoms with van der Waals surface area (Å²) in [6, 6.07) is 6.73. The number of aliphatic hydroxyl groups excluding tert-OH is 1. The number of likely N-dealkylation sites (tertiary alicyclic amines) is 1. The molecule has 1 aliphatic rings. The minimum absolute atomic E-state index is 0.0114. The molecule has 2 unspecified atom stereocenters. The molecule has 4 N–H and O–H groups in total. The SMILES string of the molecule is CN1CCC(c2c(O)cc(O)c3c(=O)cc(-c4ccc(O)cc4Br)oc23)C1CO. The van der Waals surface area contributed by atoms with Crippen molar-refractivity contribution >= 4 is 26.9 Å². The molecule has 1 saturated heterocycles. The van der Waals surface area contributed by atoms with Gasteiger partial charge in [0.15, 0.2) is 5.43 Å². The molecule has 2 aromatic carbocycles. The number of fused-ring (bicyclic) bond motifs is 1. The van der Waals surface area contributed by atoms with Gasteiger partial charge in [0, 0.05) is 39.7 Å². The van der Waals surface area contributed by atoms with Crippen molar-refractivity contribution < 1.29 is 24.8 Å². The summed E-state index contributed by atoms with van der Waals surface area (Å²) in [5.41, 5.74) is 0.587. The van der Waals surface area contributed by atoms with Gasteiger partial charge in [-0.05, 0) is 54.1 Å². The number of halogens is 1. The first-order valence-electron chi connectivity index (χ1n) is 9.14. The molecule has 7 nitrogen and oxygen atoms in total. The van der Waals surface area contributed by atoms with Crippen LogP contribution in [0.15, 0.2) is 44.0 Å². The monoisotopic (exact) mass is 461 g/mol. The van der Waals surface area contributed by atoms with Crippen molar-refractivity contribution in [1.82, 2.24) is 4.90 Å². The predicted octanol–water partition coefficient (Wildman–Crippen LogP) is 3.12. The number of hydrogen-bond acceptors (Lipinski definition) is 7. The van der Waals surface area contributed by atoms with Crippen LogP contribution in [0, 0.1) is 0 Å². The van der Waals surface area contributed by atoms with E-state index in [-0.39, 0.29) is 52.5 Å². The molecule has 4 rings (SSSR count). The zero-order chi connectivity index (χ0) is 20.9. The van der Waals surface area contributed by atoms with E-state index in [9.17, 15) is 25.2 Å². The van der Waals surface area contributed by atoms with E-state index < -0.39 is 5.43 Å². The van der Waals surface area contributed by atoms with Gasteiger partial charge in [-0.25, -0.2) is 0 Å². The fourth-order valence-corrected chi connectivity index (χ4v) is 4.69. The Hall–Kier alpha value is -2.55. The van der Waals surface area contributed by atoms with Crippen molar-refractivity contribution in [3.05, 3.63) is 50.6 Å². The number of aliphatic hydroxyl groups is 1. The standard InChI is InChI=1S/C21H20BrNO6/c1-23-5-4-12(14(23)9-24)19-15(26)7-16(27)20-17(28)8-18(29-21(19)20)11-3-2-10(25)6-13(11)22/h2-3,6-8,12,14,24-27H,4-5,9H2,1H3. The van der Waals surface area contributed by atoms with Crippen LogP contribution in [-0.4, -0.2) is 51.6 Å². The highest BCUT2D eigenvalue weighted by Gasteiger charge is 2.36. The summed E-state index contributed by atoms with van der Waals surface area (Å²) in [7, 11) is 1.88. The van der Waals surface area contributed by atoms with Gasteiger partial charge < -0.3 is 29.7 Å². The molecule has 2 heterocycles. The third-order valence-electron chi connectivity index (χ3n) is 5.60. The first-order valence-corrected chi connectivity index (χ1v) is 9.93. The number of aromatic hydroxyl groups is 3. The predicted molar refractivity (Wildman–Crippen MR) is 111 cm³/mol. The molecule has 0 radical (unpaired) electrons. The Morgan fingerprint density at radius 2 is 1.93 bits per heavy atom. The number of nitrogens with zero attached hydrogens (tertiary/aromatic N) is 1. The quantitative estimate of drug-likeness (QED) is 0.473. The smallest absolute Gasteiger partial charge is 0.197 e. The van der Waals surface area contributed by atoms with Gasteiger partial charge in [0.2, 0.25) is 0 Å². The third kappa shape index (κ3) is 3.27. The summed E-state index contributed by atoms with van der Waals surface area (Å²) >= 11 is 3.35. The molecule has 1 aromatic heterocycles. The molecule has 3 aromatic rings. The highest BCUT2D eigenvalue weighted by Crippen LogP contribution is 2.44. The molecule has 8 heteroatoms. The second kappa shape index (κ2) is 7.37. The highest BCUT2D eigenvalue weighted by atomic mass is 79.9. The average molecular weight is 462 g/mol. The van der Waals surface area contributed by atoms with Crippen LogP contribution in [-0.2, 0) is 0 Å². The van der Waals surface area contributed by atoms with E-state index in [1.54, 1.807) is 6.07 Å². The first kappa shape index (κ1) is 19.8. The number of rotatable bonds is 3. The molecule has 1 fully saturated rings. The zero-order valence-electron chi connectivity index (χ0n) is 15.6. The van der Waals surface area contributed by atoms with Crippen LogP contribution in [0.1, 0.15) is 17.9 Å². The molecule has 2 atom stereocenters. The van der Waals surface area contributed by atoms with Crippen molar-refractivity contribution in [3.8, 4) is 28.6 Å². The molecular formula is C21H20BrNO6. The topological polar surface area (TPSA) is 114 Å². The Morgan fingerprint density at radius 1 is 1.17 bits per heavy atom. The summed E-state index contributed by atoms with van der Waals surface area (Å²) in [6.45, 7) is 0.599. The van der Waals surface area contributed by atoms with E-state index in [1.807, 2.05) is 11.9 Å². The van der Waals surface area contributed by atoms with Crippen molar-refractivity contribution in [2.24, 2.45) is 0 Å². The van der Waals surface area contributed by atoms with Crippen molar-refractivity contribution in [2.75, 3.05) is 20.2 Å². The summed E-state index contributed by atoms with van der Waals surface area (Å²) in [5, 5.41) is 40.4. The van der Waals surface area contributed by atoms with Gasteiger partial charge in [-0.2, -0.15) is 0 Å². The zero-order valence-corrected chi connectivity index (χ0v) is 17.2. The van der Waals surface area contributed by atoms with Gasteiger partial charge in [0.25, 0.3) is 0 Å². The Kier molecular flexibility index (Phi) is 5.02. The third-order valence-corrected chi connectivity index (χ3v) is 6.25. The summed E-state index contributed by atoms with van der Waals surface area (Å²) < 4.78 is 6.58. The van der Waals surface area contributed by atoms with E-state index in [2.05, 4.69) is 15.9 Å². The van der Waals surface area contributed by atoms with E-state index >= 15 is 0 Å². The van der Waals surface area contributed by atoms with Gasteiger partial charge in [-0.1, -0.05) is 0 Å². The molecular weight excluding hydrogens is 442 g/mol. The second-order valence-electron chi connectivity index (χ2n) is 7.30. The van der Waals surface area contributed by atoms with Gasteiger partial charge >= 0.3 is 0 Å². The Bertz CT molecular complexity index is 1160. The normalized spacial score (nSPS) is 19.8. The van der Waals surface area contributed by atoms with Crippen LogP contribution in [0.5, 0.6) is 17.2 Å². The van der Waals surface area contributed by atoms with Gasteiger partial charge in [-0.15, -0.1) is 0 Å². The lowest BCUT2D eigenvalue weighted by Gasteiger charge is -2.24. The fourth-order valence-electron chi connectivity index (χ4n) is 4.13. The van der Waals surface area contributed by atoms with E-state index in [0.29, 0.717) is 28.6 Å². The largest absolute Gasteiger partial charge is 0.508 e. The number of phenols is 3. The van der Waals surface area contributed by atoms with E-state index in [4.69, 9.17) is 4.42 Å². The van der Waals surface area contributed by atoms with Crippen LogP contribution in [0.2, 0.25) is 0 Å². The minimum Gasteiger partial charge on any atom is -0.508 e. The number of phenolic OH excluding ortho intramolecular Hbond substituents is 3. The summed E-state index contributed by atoms with van der Waals surface area (Å²) in [6.07, 6.45) is 0.659. The maximum Gasteiger partial charge on any atom is 0.197 e. The van der Waals surface area contributed by atoms with Crippen LogP contribution in [0.3, 0.4) is 0 Å². The minimum atomic E-state index is -0.452. The Balaban J connectivity index is 2.01. The molecule has 29 heavy (non-hydrogen) atoms. The number of benzene rings is 2. The Labute approximate surface area is 174 Å². The molecule has 0 amide bonds. The summed E-state index contributed by atoms with van der Waals surface area (Å²) in [4.78, 5) is 14.8. The lowest BCUT2D eigenvalue weighted by Crippen LogP contribution is -2.32. The molecule has 1 aliphatic heterocycles. The second-order valence-corrected chi connectivity index (χ2v) is 8.15. The van der Waals surface area contributed by atoms with Crippen LogP contribution in [0.4, 0.5) is 0 Å². The van der Waals surface area contributed by atoms with Crippen LogP contribution in [0.25, 0.3) is 22.3 Å². The molecule has 0 spiro atoms. The molecule has 0 saturated carbocycles. The van der Waals surface area contributed by atoms with Crippen LogP contribution >= 0.6 is 15.9 Å². The van der Waals surface area contributed by atoms with E-state index in [0.717, 1.165) is 6.07 Å². The van der Waals surface area contributed by atoms with Crippen LogP contribution < -0.4 is 5.43 Å². The van der Waals surface area contributed by atoms with E-state index in [1.165, 1.54) is 18.2 Å². The molecule has 0 aliphatic carbocycles. The van der Waals surface area contributed by atoms with Crippen molar-refractivity contribution in [3.63, 3.8) is 0 Å².